The highest BCUT2D eigenvalue weighted by Crippen LogP contribution is 2.45. The Kier molecular flexibility index (Phi) is 13.6. The second-order valence-electron chi connectivity index (χ2n) is 22.0. The zero-order chi connectivity index (χ0) is 41.7. The van der Waals surface area contributed by atoms with Crippen LogP contribution in [0.4, 0.5) is 0 Å². The van der Waals surface area contributed by atoms with Crippen molar-refractivity contribution in [1.29, 1.82) is 0 Å². The van der Waals surface area contributed by atoms with Gasteiger partial charge in [0.15, 0.2) is 33.3 Å². The molecule has 3 heterocycles. The van der Waals surface area contributed by atoms with Crippen LogP contribution in [0, 0.1) is 17.8 Å². The third-order valence-electron chi connectivity index (χ3n) is 14.0. The number of benzene rings is 2. The van der Waals surface area contributed by atoms with Crippen LogP contribution >= 0.6 is 0 Å². The van der Waals surface area contributed by atoms with Crippen molar-refractivity contribution in [3.8, 4) is 0 Å². The van der Waals surface area contributed by atoms with E-state index in [0.717, 1.165) is 47.8 Å². The van der Waals surface area contributed by atoms with E-state index in [1.54, 1.807) is 0 Å². The van der Waals surface area contributed by atoms with Gasteiger partial charge in [0.2, 0.25) is 0 Å². The van der Waals surface area contributed by atoms with Crippen LogP contribution in [0.15, 0.2) is 60.7 Å². The first-order valence-corrected chi connectivity index (χ1v) is 39.7. The fourth-order valence-corrected chi connectivity index (χ4v) is 35.7. The van der Waals surface area contributed by atoms with E-state index in [1.807, 2.05) is 0 Å². The highest BCUT2D eigenvalue weighted by atomic mass is 28.5. The predicted molar refractivity (Wildman–Crippen MR) is 251 cm³/mol. The van der Waals surface area contributed by atoms with Crippen molar-refractivity contribution in [3.63, 3.8) is 0 Å². The summed E-state index contributed by atoms with van der Waals surface area (Å²) in [6, 6.07) is 24.7. The second-order valence-corrected chi connectivity index (χ2v) is 45.8. The van der Waals surface area contributed by atoms with E-state index in [0.29, 0.717) is 54.4 Å². The van der Waals surface area contributed by atoms with E-state index in [1.165, 1.54) is 57.8 Å². The molecule has 328 valence electrons. The number of ether oxygens (including phenoxy) is 3. The van der Waals surface area contributed by atoms with Crippen LogP contribution in [0.25, 0.3) is 0 Å². The largest absolute Gasteiger partial charge is 0.509 e. The lowest BCUT2D eigenvalue weighted by molar-refractivity contribution is 0.193. The molecule has 10 unspecified atom stereocenters. The molecule has 0 N–H and O–H groups in total. The number of fused-ring (bicyclic) bond motifs is 3. The summed E-state index contributed by atoms with van der Waals surface area (Å²) in [6.07, 6.45) is 17.4. The van der Waals surface area contributed by atoms with Crippen LogP contribution in [0.2, 0.25) is 77.1 Å². The summed E-state index contributed by atoms with van der Waals surface area (Å²) >= 11 is 0. The maximum absolute atomic E-state index is 8.20. The van der Waals surface area contributed by atoms with Gasteiger partial charge >= 0.3 is 17.6 Å². The van der Waals surface area contributed by atoms with E-state index in [2.05, 4.69) is 120 Å². The van der Waals surface area contributed by atoms with Gasteiger partial charge in [-0.3, -0.25) is 0 Å². The molecule has 14 heteroatoms. The molecule has 0 bridgehead atoms. The molecule has 8 rings (SSSR count). The highest BCUT2D eigenvalue weighted by Gasteiger charge is 2.62. The first-order chi connectivity index (χ1) is 27.9. The number of epoxide rings is 3. The van der Waals surface area contributed by atoms with Gasteiger partial charge in [0.25, 0.3) is 0 Å². The maximum Gasteiger partial charge on any atom is 0.509 e. The van der Waals surface area contributed by atoms with E-state index in [4.69, 9.17) is 34.8 Å². The minimum atomic E-state index is -3.79. The summed E-state index contributed by atoms with van der Waals surface area (Å²) in [4.78, 5) is 0. The van der Waals surface area contributed by atoms with Crippen LogP contribution in [0.3, 0.4) is 0 Å². The van der Waals surface area contributed by atoms with Crippen molar-refractivity contribution >= 4 is 61.3 Å². The lowest BCUT2D eigenvalue weighted by Gasteiger charge is -2.48. The van der Waals surface area contributed by atoms with Crippen molar-refractivity contribution in [2.24, 2.45) is 17.8 Å². The predicted octanol–water partition coefficient (Wildman–Crippen LogP) is 10.1. The molecule has 10 atom stereocenters. The Hall–Kier alpha value is -0.579. The molecule has 0 amide bonds. The summed E-state index contributed by atoms with van der Waals surface area (Å²) in [5, 5.41) is 2.06. The molecular formula is C45H76O8Si6. The van der Waals surface area contributed by atoms with Gasteiger partial charge in [-0.05, 0) is 153 Å². The molecule has 2 aromatic carbocycles. The zero-order valence-electron chi connectivity index (χ0n) is 37.8. The standard InChI is InChI=1S/C45H76O8Si6/c1-54(2,3)49-58(38-16-12-10-13-17-38,50-55(4,5)29-26-35-20-23-40-43(32-35)46-40)53-59(39-18-14-11-15-19-39,51-56(6,7)30-27-36-21-24-41-44(33-36)47-41)52-57(8,9)31-28-37-22-25-42-45(34-37)48-42/h10-19,35-37,40-45H,20-34H2,1-9H3. The first-order valence-electron chi connectivity index (χ1n) is 23.5. The van der Waals surface area contributed by atoms with Crippen molar-refractivity contribution < 1.29 is 34.8 Å². The Morgan fingerprint density at radius 3 is 1.03 bits per heavy atom. The van der Waals surface area contributed by atoms with E-state index >= 15 is 0 Å². The molecule has 2 aromatic rings. The molecule has 6 fully saturated rings. The average molecular weight is 914 g/mol. The van der Waals surface area contributed by atoms with Gasteiger partial charge in [0.05, 0.1) is 36.6 Å². The fourth-order valence-electron chi connectivity index (χ4n) is 10.5. The topological polar surface area (TPSA) is 83.7 Å². The Bertz CT molecular complexity index is 1650. The number of rotatable bonds is 21. The summed E-state index contributed by atoms with van der Waals surface area (Å²) in [5.41, 5.74) is 0. The highest BCUT2D eigenvalue weighted by molar-refractivity contribution is 7.00. The van der Waals surface area contributed by atoms with Crippen molar-refractivity contribution in [2.45, 2.75) is 191 Å². The van der Waals surface area contributed by atoms with E-state index in [-0.39, 0.29) is 0 Å². The maximum atomic E-state index is 8.20. The Labute approximate surface area is 363 Å². The van der Waals surface area contributed by atoms with Gasteiger partial charge in [0.1, 0.15) is 0 Å². The molecule has 3 saturated carbocycles. The molecule has 59 heavy (non-hydrogen) atoms. The second kappa shape index (κ2) is 17.8. The molecule has 6 aliphatic rings. The lowest BCUT2D eigenvalue weighted by Crippen LogP contribution is -2.75. The molecule has 3 aliphatic carbocycles. The van der Waals surface area contributed by atoms with Gasteiger partial charge in [0, 0.05) is 10.4 Å². The molecule has 0 aromatic heterocycles. The Balaban J connectivity index is 1.16. The molecule has 0 spiro atoms. The van der Waals surface area contributed by atoms with Crippen LogP contribution in [0.1, 0.15) is 77.0 Å². The minimum Gasteiger partial charge on any atom is -0.413 e. The molecule has 3 aliphatic heterocycles. The van der Waals surface area contributed by atoms with E-state index < -0.39 is 50.9 Å². The first kappa shape index (κ1) is 45.0. The lowest BCUT2D eigenvalue weighted by atomic mass is 9.88. The van der Waals surface area contributed by atoms with E-state index in [9.17, 15) is 0 Å². The molecule has 8 nitrogen and oxygen atoms in total. The van der Waals surface area contributed by atoms with Gasteiger partial charge in [-0.15, -0.1) is 0 Å². The SMILES string of the molecule is C[Si](C)(C)O[Si](O[Si](C)(C)CCC1CCC2OC2C1)(O[Si](O[Si](C)(C)CCC1CCC2OC2C1)(O[Si](C)(C)CCC1CCC2OC2C1)c1ccccc1)c1ccccc1. The van der Waals surface area contributed by atoms with Crippen LogP contribution in [-0.2, 0) is 34.8 Å². The molecule has 0 radical (unpaired) electrons. The van der Waals surface area contributed by atoms with Crippen molar-refractivity contribution in [2.75, 3.05) is 0 Å². The average Bonchev–Trinajstić information content (AvgIpc) is 4.07. The Morgan fingerprint density at radius 2 is 0.729 bits per heavy atom. The third kappa shape index (κ3) is 12.2. The van der Waals surface area contributed by atoms with Gasteiger partial charge in [-0.2, -0.15) is 0 Å². The summed E-state index contributed by atoms with van der Waals surface area (Å²) in [7, 11) is -17.1. The molecular weight excluding hydrogens is 837 g/mol. The van der Waals surface area contributed by atoms with Crippen molar-refractivity contribution in [3.05, 3.63) is 60.7 Å². The van der Waals surface area contributed by atoms with Crippen LogP contribution in [0.5, 0.6) is 0 Å². The van der Waals surface area contributed by atoms with Gasteiger partial charge < -0.3 is 34.8 Å². The monoisotopic (exact) mass is 912 g/mol. The Morgan fingerprint density at radius 1 is 0.407 bits per heavy atom. The summed E-state index contributed by atoms with van der Waals surface area (Å²) in [6.45, 7) is 21.3. The minimum absolute atomic E-state index is 0.482. The summed E-state index contributed by atoms with van der Waals surface area (Å²) < 4.78 is 57.5. The smallest absolute Gasteiger partial charge is 0.413 e. The molecule has 3 saturated heterocycles. The van der Waals surface area contributed by atoms with Crippen LogP contribution in [-0.4, -0.2) is 87.5 Å². The normalized spacial score (nSPS) is 32.5. The van der Waals surface area contributed by atoms with Gasteiger partial charge in [-0.25, -0.2) is 0 Å². The fraction of sp³-hybridized carbons (Fsp3) is 0.733. The quantitative estimate of drug-likeness (QED) is 0.0905. The number of hydrogen-bond donors (Lipinski definition) is 0. The van der Waals surface area contributed by atoms with Gasteiger partial charge in [-0.1, -0.05) is 79.9 Å². The van der Waals surface area contributed by atoms with Crippen molar-refractivity contribution in [1.82, 2.24) is 0 Å². The zero-order valence-corrected chi connectivity index (χ0v) is 43.8. The number of hydrogen-bond acceptors (Lipinski definition) is 8. The summed E-state index contributed by atoms with van der Waals surface area (Å²) in [5.74, 6) is 2.06. The third-order valence-corrected chi connectivity index (χ3v) is 36.1. The van der Waals surface area contributed by atoms with Crippen LogP contribution < -0.4 is 10.4 Å².